The van der Waals surface area contributed by atoms with Gasteiger partial charge in [0.25, 0.3) is 5.91 Å². The van der Waals surface area contributed by atoms with Crippen LogP contribution in [0, 0.1) is 0 Å². The van der Waals surface area contributed by atoms with Crippen molar-refractivity contribution in [3.05, 3.63) is 90.1 Å². The Morgan fingerprint density at radius 1 is 1.03 bits per heavy atom. The van der Waals surface area contributed by atoms with Crippen LogP contribution >= 0.6 is 0 Å². The number of methoxy groups -OCH3 is 1. The molecule has 0 bridgehead atoms. The third-order valence-electron chi connectivity index (χ3n) is 5.67. The van der Waals surface area contributed by atoms with Crippen molar-refractivity contribution in [2.45, 2.75) is 6.61 Å². The van der Waals surface area contributed by atoms with Crippen LogP contribution in [-0.2, 0) is 6.61 Å². The molecule has 0 atom stereocenters. The number of nitrogens with one attached hydrogen (secondary N) is 2. The molecule has 0 radical (unpaired) electrons. The van der Waals surface area contributed by atoms with E-state index in [4.69, 9.17) is 9.84 Å². The number of aliphatic hydroxyl groups is 1. The molecule has 174 valence electrons. The van der Waals surface area contributed by atoms with Crippen molar-refractivity contribution in [3.8, 4) is 34.1 Å². The van der Waals surface area contributed by atoms with Crippen LogP contribution in [0.5, 0.6) is 11.6 Å². The maximum absolute atomic E-state index is 12.8. The molecule has 5 rings (SSSR count). The van der Waals surface area contributed by atoms with Crippen LogP contribution in [0.3, 0.4) is 0 Å². The quantitative estimate of drug-likeness (QED) is 0.287. The van der Waals surface area contributed by atoms with Gasteiger partial charge in [0.2, 0.25) is 5.88 Å². The number of nitrogens with zero attached hydrogens (tertiary/aromatic N) is 2. The first-order valence-corrected chi connectivity index (χ1v) is 10.9. The zero-order valence-corrected chi connectivity index (χ0v) is 18.8. The highest BCUT2D eigenvalue weighted by molar-refractivity contribution is 6.06. The summed E-state index contributed by atoms with van der Waals surface area (Å²) in [6.45, 7) is -0.0543. The van der Waals surface area contributed by atoms with Gasteiger partial charge in [0.1, 0.15) is 11.6 Å². The molecule has 0 fully saturated rings. The van der Waals surface area contributed by atoms with Gasteiger partial charge in [-0.3, -0.25) is 4.79 Å². The molecule has 5 aromatic rings. The van der Waals surface area contributed by atoms with E-state index in [1.165, 1.54) is 0 Å². The number of aromatic hydroxyl groups is 1. The van der Waals surface area contributed by atoms with E-state index in [1.54, 1.807) is 67.9 Å². The highest BCUT2D eigenvalue weighted by Gasteiger charge is 2.15. The Balaban J connectivity index is 1.45. The Kier molecular flexibility index (Phi) is 5.87. The number of ether oxygens (including phenoxy) is 1. The number of phenols is 1. The summed E-state index contributed by atoms with van der Waals surface area (Å²) < 4.78 is 5.37. The first-order chi connectivity index (χ1) is 17.1. The third-order valence-corrected chi connectivity index (χ3v) is 5.67. The van der Waals surface area contributed by atoms with E-state index in [9.17, 15) is 9.90 Å². The molecule has 35 heavy (non-hydrogen) atoms. The van der Waals surface area contributed by atoms with Crippen molar-refractivity contribution in [2.75, 3.05) is 12.4 Å². The van der Waals surface area contributed by atoms with Crippen molar-refractivity contribution in [2.24, 2.45) is 0 Å². The molecule has 8 nitrogen and oxygen atoms in total. The van der Waals surface area contributed by atoms with Crippen LogP contribution in [0.15, 0.2) is 79.0 Å². The Bertz CT molecular complexity index is 1530. The standard InChI is InChI=1S/C27H22N4O4/c1-35-27-20(3-2-12-28-27)17-7-11-24(33)21(13-17)25-30-22-10-6-18(14-23(22)31-25)26(34)29-19-8-4-16(15-32)5-9-19/h2-14,32-33H,15H2,1H3,(H,29,34)(H,30,31). The number of carbonyl (C=O) groups excluding carboxylic acids is 1. The average molecular weight is 466 g/mol. The lowest BCUT2D eigenvalue weighted by Gasteiger charge is -2.09. The number of H-pyrrole nitrogens is 1. The number of anilines is 1. The molecule has 2 heterocycles. The fourth-order valence-corrected chi connectivity index (χ4v) is 3.84. The molecule has 0 aliphatic carbocycles. The second-order valence-corrected chi connectivity index (χ2v) is 7.92. The summed E-state index contributed by atoms with van der Waals surface area (Å²) in [5.74, 6) is 0.753. The van der Waals surface area contributed by atoms with Crippen molar-refractivity contribution in [1.29, 1.82) is 0 Å². The number of hydrogen-bond acceptors (Lipinski definition) is 6. The summed E-state index contributed by atoms with van der Waals surface area (Å²) in [6.07, 6.45) is 1.65. The van der Waals surface area contributed by atoms with Gasteiger partial charge < -0.3 is 25.3 Å². The van der Waals surface area contributed by atoms with Crippen molar-refractivity contribution < 1.29 is 19.7 Å². The molecule has 1 amide bonds. The van der Waals surface area contributed by atoms with Crippen LogP contribution in [0.4, 0.5) is 5.69 Å². The second-order valence-electron chi connectivity index (χ2n) is 7.92. The Hall–Kier alpha value is -4.69. The number of imidazole rings is 1. The average Bonchev–Trinajstić information content (AvgIpc) is 3.32. The lowest BCUT2D eigenvalue weighted by Crippen LogP contribution is -2.11. The Morgan fingerprint density at radius 2 is 1.86 bits per heavy atom. The van der Waals surface area contributed by atoms with Crippen LogP contribution < -0.4 is 10.1 Å². The van der Waals surface area contributed by atoms with Crippen molar-refractivity contribution in [3.63, 3.8) is 0 Å². The summed E-state index contributed by atoms with van der Waals surface area (Å²) in [7, 11) is 1.56. The minimum absolute atomic E-state index is 0.0543. The van der Waals surface area contributed by atoms with E-state index >= 15 is 0 Å². The molecular formula is C27H22N4O4. The minimum Gasteiger partial charge on any atom is -0.507 e. The number of aromatic nitrogens is 3. The Labute approximate surface area is 200 Å². The van der Waals surface area contributed by atoms with Crippen LogP contribution in [0.25, 0.3) is 33.5 Å². The normalized spacial score (nSPS) is 10.9. The predicted octanol–water partition coefficient (Wildman–Crippen LogP) is 4.75. The summed E-state index contributed by atoms with van der Waals surface area (Å²) >= 11 is 0. The van der Waals surface area contributed by atoms with Crippen LogP contribution in [0.1, 0.15) is 15.9 Å². The van der Waals surface area contributed by atoms with Gasteiger partial charge in [-0.25, -0.2) is 9.97 Å². The van der Waals surface area contributed by atoms with Crippen molar-refractivity contribution >= 4 is 22.6 Å². The molecule has 3 aromatic carbocycles. The Morgan fingerprint density at radius 3 is 2.63 bits per heavy atom. The van der Waals surface area contributed by atoms with E-state index in [0.717, 1.165) is 16.7 Å². The lowest BCUT2D eigenvalue weighted by molar-refractivity contribution is 0.102. The molecule has 8 heteroatoms. The zero-order chi connectivity index (χ0) is 24.4. The van der Waals surface area contributed by atoms with E-state index in [2.05, 4.69) is 20.3 Å². The summed E-state index contributed by atoms with van der Waals surface area (Å²) in [5, 5.41) is 22.6. The third kappa shape index (κ3) is 4.42. The van der Waals surface area contributed by atoms with E-state index in [1.807, 2.05) is 18.2 Å². The largest absolute Gasteiger partial charge is 0.507 e. The number of aromatic amines is 1. The molecule has 0 saturated carbocycles. The first-order valence-electron chi connectivity index (χ1n) is 10.9. The van der Waals surface area contributed by atoms with Gasteiger partial charge in [-0.15, -0.1) is 0 Å². The van der Waals surface area contributed by atoms with Gasteiger partial charge in [0.05, 0.1) is 30.3 Å². The second kappa shape index (κ2) is 9.28. The predicted molar refractivity (Wildman–Crippen MR) is 133 cm³/mol. The van der Waals surface area contributed by atoms with Gasteiger partial charge in [-0.05, 0) is 65.7 Å². The maximum Gasteiger partial charge on any atom is 0.255 e. The molecule has 0 aliphatic rings. The molecule has 0 unspecified atom stereocenters. The van der Waals surface area contributed by atoms with Gasteiger partial charge in [-0.1, -0.05) is 18.2 Å². The molecule has 0 saturated heterocycles. The SMILES string of the molecule is COc1ncccc1-c1ccc(O)c(-c2nc3ccc(C(=O)Nc4ccc(CO)cc4)cc3[nH]2)c1. The summed E-state index contributed by atoms with van der Waals surface area (Å²) in [5.41, 5.74) is 5.29. The number of amides is 1. The maximum atomic E-state index is 12.8. The number of aliphatic hydroxyl groups excluding tert-OH is 1. The van der Waals surface area contributed by atoms with Gasteiger partial charge in [0, 0.05) is 23.0 Å². The highest BCUT2D eigenvalue weighted by atomic mass is 16.5. The lowest BCUT2D eigenvalue weighted by atomic mass is 10.0. The molecule has 4 N–H and O–H groups in total. The van der Waals surface area contributed by atoms with Gasteiger partial charge in [0.15, 0.2) is 0 Å². The van der Waals surface area contributed by atoms with Crippen LogP contribution in [0.2, 0.25) is 0 Å². The zero-order valence-electron chi connectivity index (χ0n) is 18.8. The molecule has 0 aliphatic heterocycles. The van der Waals surface area contributed by atoms with E-state index < -0.39 is 0 Å². The number of fused-ring (bicyclic) bond motifs is 1. The number of rotatable bonds is 6. The first kappa shape index (κ1) is 22.1. The van der Waals surface area contributed by atoms with Gasteiger partial charge >= 0.3 is 0 Å². The van der Waals surface area contributed by atoms with Crippen LogP contribution in [-0.4, -0.2) is 38.2 Å². The summed E-state index contributed by atoms with van der Waals surface area (Å²) in [6, 6.07) is 21.1. The monoisotopic (exact) mass is 466 g/mol. The fraction of sp³-hybridized carbons (Fsp3) is 0.0741. The number of hydrogen-bond donors (Lipinski definition) is 4. The number of benzene rings is 3. The topological polar surface area (TPSA) is 120 Å². The number of phenolic OH excluding ortho intramolecular Hbond substituents is 1. The molecular weight excluding hydrogens is 444 g/mol. The molecule has 2 aromatic heterocycles. The molecule has 0 spiro atoms. The summed E-state index contributed by atoms with van der Waals surface area (Å²) in [4.78, 5) is 24.8. The fourth-order valence-electron chi connectivity index (χ4n) is 3.84. The van der Waals surface area contributed by atoms with E-state index in [0.29, 0.717) is 39.6 Å². The van der Waals surface area contributed by atoms with Gasteiger partial charge in [-0.2, -0.15) is 0 Å². The highest BCUT2D eigenvalue weighted by Crippen LogP contribution is 2.35. The van der Waals surface area contributed by atoms with E-state index in [-0.39, 0.29) is 18.3 Å². The number of carbonyl (C=O) groups is 1. The number of pyridine rings is 1. The smallest absolute Gasteiger partial charge is 0.255 e. The van der Waals surface area contributed by atoms with Crippen molar-refractivity contribution in [1.82, 2.24) is 15.0 Å². The minimum atomic E-state index is -0.270.